The third kappa shape index (κ3) is 55.8. The highest BCUT2D eigenvalue weighted by Gasteiger charge is 2.19. The number of unbranched alkanes of at least 4 members (excludes halogenated alkanes) is 11. The van der Waals surface area contributed by atoms with Crippen LogP contribution in [-0.2, 0) is 28.6 Å². The van der Waals surface area contributed by atoms with Crippen LogP contribution in [0.4, 0.5) is 0 Å². The van der Waals surface area contributed by atoms with Gasteiger partial charge in [0.15, 0.2) is 6.10 Å². The van der Waals surface area contributed by atoms with Gasteiger partial charge in [0.25, 0.3) is 0 Å². The van der Waals surface area contributed by atoms with Crippen LogP contribution >= 0.6 is 0 Å². The van der Waals surface area contributed by atoms with Gasteiger partial charge >= 0.3 is 17.9 Å². The average Bonchev–Trinajstić information content (AvgIpc) is 3.37. The Kier molecular flexibility index (Phi) is 53.6. The van der Waals surface area contributed by atoms with Crippen LogP contribution in [0.25, 0.3) is 0 Å². The van der Waals surface area contributed by atoms with Crippen molar-refractivity contribution < 1.29 is 28.6 Å². The van der Waals surface area contributed by atoms with E-state index in [1.54, 1.807) is 0 Å². The summed E-state index contributed by atoms with van der Waals surface area (Å²) in [7, 11) is 0. The Morgan fingerprint density at radius 3 is 0.958 bits per heavy atom. The van der Waals surface area contributed by atoms with Gasteiger partial charge in [-0.2, -0.15) is 0 Å². The third-order valence-corrected chi connectivity index (χ3v) is 11.0. The molecule has 0 amide bonds. The van der Waals surface area contributed by atoms with Crippen molar-refractivity contribution in [2.24, 2.45) is 0 Å². The van der Waals surface area contributed by atoms with Crippen molar-refractivity contribution in [2.75, 3.05) is 13.2 Å². The van der Waals surface area contributed by atoms with Gasteiger partial charge in [-0.05, 0) is 135 Å². The second kappa shape index (κ2) is 57.6. The summed E-state index contributed by atoms with van der Waals surface area (Å²) in [5.74, 6) is -1.07. The molecule has 71 heavy (non-hydrogen) atoms. The predicted molar refractivity (Wildman–Crippen MR) is 306 cm³/mol. The fourth-order valence-corrected chi connectivity index (χ4v) is 6.88. The summed E-state index contributed by atoms with van der Waals surface area (Å²) < 4.78 is 16.7. The van der Waals surface area contributed by atoms with Gasteiger partial charge in [0.1, 0.15) is 13.2 Å². The first-order chi connectivity index (χ1) is 35.0. The molecule has 0 N–H and O–H groups in total. The monoisotopic (exact) mass is 977 g/mol. The molecule has 1 atom stereocenters. The SMILES string of the molecule is CC/C=C/C/C=C/C/C=C/C/C=C/C/C=C/C/C=C/CCC(=O)OC[C@@H](COC(=O)CCCCCCC/C=C/C/C=C/CCCCC)OC(=O)CCCCC/C=C/C/C=C/C/C=C/C/C=C/C/C=C/CC. The average molecular weight is 978 g/mol. The second-order valence-electron chi connectivity index (χ2n) is 17.7. The fraction of sp³-hybridized carbons (Fsp3) is 0.554. The zero-order valence-corrected chi connectivity index (χ0v) is 45.2. The van der Waals surface area contributed by atoms with Crippen molar-refractivity contribution in [3.63, 3.8) is 0 Å². The topological polar surface area (TPSA) is 78.9 Å². The number of hydrogen-bond donors (Lipinski definition) is 0. The Bertz CT molecular complexity index is 1640. The Morgan fingerprint density at radius 2 is 0.577 bits per heavy atom. The van der Waals surface area contributed by atoms with Crippen molar-refractivity contribution in [3.05, 3.63) is 158 Å². The zero-order valence-electron chi connectivity index (χ0n) is 45.2. The lowest BCUT2D eigenvalue weighted by Gasteiger charge is -2.18. The molecule has 0 fully saturated rings. The summed E-state index contributed by atoms with van der Waals surface area (Å²) in [5, 5.41) is 0. The summed E-state index contributed by atoms with van der Waals surface area (Å²) in [6.07, 6.45) is 83.8. The first kappa shape index (κ1) is 66.0. The maximum Gasteiger partial charge on any atom is 0.306 e. The molecule has 0 heterocycles. The number of allylic oxidation sites excluding steroid dienone is 26. The molecule has 0 saturated carbocycles. The van der Waals surface area contributed by atoms with Gasteiger partial charge in [0.05, 0.1) is 0 Å². The summed E-state index contributed by atoms with van der Waals surface area (Å²) in [6, 6.07) is 0. The molecule has 6 heteroatoms. The van der Waals surface area contributed by atoms with Crippen LogP contribution in [0.5, 0.6) is 0 Å². The van der Waals surface area contributed by atoms with E-state index in [2.05, 4.69) is 167 Å². The number of ether oxygens (including phenoxy) is 3. The summed E-state index contributed by atoms with van der Waals surface area (Å²) >= 11 is 0. The Hall–Kier alpha value is -4.97. The van der Waals surface area contributed by atoms with Crippen molar-refractivity contribution in [2.45, 2.75) is 219 Å². The van der Waals surface area contributed by atoms with Crippen LogP contribution in [0.2, 0.25) is 0 Å². The summed E-state index contributed by atoms with van der Waals surface area (Å²) in [4.78, 5) is 38.1. The van der Waals surface area contributed by atoms with Gasteiger partial charge in [-0.25, -0.2) is 0 Å². The van der Waals surface area contributed by atoms with E-state index in [0.29, 0.717) is 19.3 Å². The molecule has 6 nitrogen and oxygen atoms in total. The Balaban J connectivity index is 4.63. The molecule has 0 saturated heterocycles. The number of carbonyl (C=O) groups excluding carboxylic acids is 3. The first-order valence-corrected chi connectivity index (χ1v) is 28.0. The van der Waals surface area contributed by atoms with E-state index in [0.717, 1.165) is 135 Å². The first-order valence-electron chi connectivity index (χ1n) is 28.0. The van der Waals surface area contributed by atoms with Gasteiger partial charge in [0, 0.05) is 19.3 Å². The largest absolute Gasteiger partial charge is 0.462 e. The molecule has 0 aliphatic carbocycles. The maximum atomic E-state index is 12.8. The van der Waals surface area contributed by atoms with Crippen LogP contribution in [0, 0.1) is 0 Å². The molecule has 0 aromatic heterocycles. The van der Waals surface area contributed by atoms with E-state index in [1.165, 1.54) is 25.7 Å². The molecule has 0 aromatic carbocycles. The van der Waals surface area contributed by atoms with Crippen LogP contribution in [-0.4, -0.2) is 37.2 Å². The van der Waals surface area contributed by atoms with Crippen molar-refractivity contribution >= 4 is 17.9 Å². The minimum atomic E-state index is -0.841. The van der Waals surface area contributed by atoms with Gasteiger partial charge in [-0.1, -0.05) is 217 Å². The van der Waals surface area contributed by atoms with Crippen LogP contribution in [0.3, 0.4) is 0 Å². The minimum absolute atomic E-state index is 0.130. The molecule has 0 aromatic rings. The van der Waals surface area contributed by atoms with E-state index in [9.17, 15) is 14.4 Å². The van der Waals surface area contributed by atoms with Gasteiger partial charge in [-0.15, -0.1) is 0 Å². The van der Waals surface area contributed by atoms with E-state index < -0.39 is 6.10 Å². The number of rotatable bonds is 48. The highest BCUT2D eigenvalue weighted by molar-refractivity contribution is 5.71. The molecule has 0 unspecified atom stereocenters. The highest BCUT2D eigenvalue weighted by Crippen LogP contribution is 2.12. The standard InChI is InChI=1S/C65H100O6/c1-4-7-10-13-16-19-22-25-28-30-32-34-37-40-43-46-49-52-55-58-64(67)70-61-62(60-69-63(66)57-54-51-48-45-42-39-36-27-24-21-18-15-12-9-6-3)71-65(68)59-56-53-50-47-44-41-38-35-33-31-29-26-23-20-17-14-11-8-5-2/h7-8,10-11,16-21,25-29,32-36,40-41,43-44,49,52,62H,4-6,9,12-15,22-24,30-31,37-39,42,45-48,50-51,53-61H2,1-3H3/b10-7+,11-8+,19-16+,20-17+,21-18+,28-25+,29-26+,34-32+,35-33+,36-27+,43-40+,44-41+,52-49+/t62-/m1/s1. The lowest BCUT2D eigenvalue weighted by molar-refractivity contribution is -0.166. The lowest BCUT2D eigenvalue weighted by atomic mass is 10.1. The minimum Gasteiger partial charge on any atom is -0.462 e. The van der Waals surface area contributed by atoms with E-state index in [-0.39, 0.29) is 44.0 Å². The van der Waals surface area contributed by atoms with Crippen molar-refractivity contribution in [1.82, 2.24) is 0 Å². The van der Waals surface area contributed by atoms with Gasteiger partial charge in [-0.3, -0.25) is 14.4 Å². The molecule has 0 bridgehead atoms. The molecule has 396 valence electrons. The van der Waals surface area contributed by atoms with Crippen molar-refractivity contribution in [3.8, 4) is 0 Å². The number of hydrogen-bond acceptors (Lipinski definition) is 6. The quantitative estimate of drug-likeness (QED) is 0.0262. The fourth-order valence-electron chi connectivity index (χ4n) is 6.88. The third-order valence-electron chi connectivity index (χ3n) is 11.0. The molecular formula is C65H100O6. The molecule has 0 spiro atoms. The van der Waals surface area contributed by atoms with E-state index >= 15 is 0 Å². The molecule has 0 rings (SSSR count). The highest BCUT2D eigenvalue weighted by atomic mass is 16.6. The molecule has 0 aliphatic heterocycles. The Morgan fingerprint density at radius 1 is 0.296 bits per heavy atom. The number of carbonyl (C=O) groups is 3. The number of esters is 3. The van der Waals surface area contributed by atoms with E-state index in [4.69, 9.17) is 14.2 Å². The second-order valence-corrected chi connectivity index (χ2v) is 17.7. The summed E-state index contributed by atoms with van der Waals surface area (Å²) in [6.45, 7) is 6.26. The molecule has 0 aliphatic rings. The van der Waals surface area contributed by atoms with Gasteiger partial charge < -0.3 is 14.2 Å². The van der Waals surface area contributed by atoms with Crippen LogP contribution in [0.15, 0.2) is 158 Å². The van der Waals surface area contributed by atoms with Gasteiger partial charge in [0.2, 0.25) is 0 Å². The zero-order chi connectivity index (χ0) is 51.4. The van der Waals surface area contributed by atoms with Crippen LogP contribution in [0.1, 0.15) is 213 Å². The molecular weight excluding hydrogens is 877 g/mol. The Labute approximate surface area is 435 Å². The van der Waals surface area contributed by atoms with Crippen molar-refractivity contribution in [1.29, 1.82) is 0 Å². The normalized spacial score (nSPS) is 13.3. The summed E-state index contributed by atoms with van der Waals surface area (Å²) in [5.41, 5.74) is 0. The predicted octanol–water partition coefficient (Wildman–Crippen LogP) is 19.0. The molecule has 0 radical (unpaired) electrons. The smallest absolute Gasteiger partial charge is 0.306 e. The van der Waals surface area contributed by atoms with Crippen LogP contribution < -0.4 is 0 Å². The maximum absolute atomic E-state index is 12.8. The lowest BCUT2D eigenvalue weighted by Crippen LogP contribution is -2.30. The van der Waals surface area contributed by atoms with E-state index in [1.807, 2.05) is 12.2 Å².